The van der Waals surface area contributed by atoms with E-state index in [1.807, 2.05) is 0 Å². The molecule has 16 aromatic carbocycles. The fourth-order valence-electron chi connectivity index (χ4n) is 19.1. The number of para-hydroxylation sites is 3. The second-order valence-electron chi connectivity index (χ2n) is 39.1. The molecule has 0 saturated heterocycles. The summed E-state index contributed by atoms with van der Waals surface area (Å²) in [4.78, 5) is 7.91. The number of aromatic nitrogens is 2. The Kier molecular flexibility index (Phi) is 18.5. The molecule has 5 nitrogen and oxygen atoms in total. The lowest BCUT2D eigenvalue weighted by molar-refractivity contribution is 0.569. The van der Waals surface area contributed by atoms with Gasteiger partial charge in [-0.25, -0.2) is 0 Å². The molecular weight excluding hydrogens is 1470 g/mol. The predicted octanol–water partition coefficient (Wildman–Crippen LogP) is 30.3. The first-order valence-corrected chi connectivity index (χ1v) is 43.5. The topological polar surface area (TPSA) is 19.6 Å². The van der Waals surface area contributed by atoms with E-state index in [2.05, 4.69) is 486 Å². The fraction of sp³-hybridized carbons (Fsp3) is 0.172. The van der Waals surface area contributed by atoms with Gasteiger partial charge in [0, 0.05) is 83.9 Å². The van der Waals surface area contributed by atoms with Gasteiger partial charge < -0.3 is 23.8 Å². The van der Waals surface area contributed by atoms with Gasteiger partial charge in [0.2, 0.25) is 0 Å². The van der Waals surface area contributed by atoms with Crippen molar-refractivity contribution in [2.45, 2.75) is 131 Å². The third-order valence-electron chi connectivity index (χ3n) is 25.8. The highest BCUT2D eigenvalue weighted by molar-refractivity contribution is 7.00. The largest absolute Gasteiger partial charge is 0.311 e. The molecule has 0 fully saturated rings. The van der Waals surface area contributed by atoms with Gasteiger partial charge in [-0.15, -0.1) is 0 Å². The molecule has 6 heteroatoms. The number of fused-ring (bicyclic) bond motifs is 10. The Balaban J connectivity index is 0.956. The van der Waals surface area contributed by atoms with Gasteiger partial charge in [0.05, 0.1) is 33.4 Å². The maximum Gasteiger partial charge on any atom is 0.252 e. The van der Waals surface area contributed by atoms with Crippen LogP contribution in [0.4, 0.5) is 51.2 Å². The molecule has 0 unspecified atom stereocenters. The highest BCUT2D eigenvalue weighted by atomic mass is 15.2. The minimum Gasteiger partial charge on any atom is -0.311 e. The molecule has 2 aliphatic heterocycles. The Morgan fingerprint density at radius 3 is 1.09 bits per heavy atom. The zero-order chi connectivity index (χ0) is 84.0. The molecule has 0 radical (unpaired) electrons. The number of benzene rings is 16. The lowest BCUT2D eigenvalue weighted by Gasteiger charge is -2.46. The average molecular weight is 1580 g/mol. The van der Waals surface area contributed by atoms with E-state index in [4.69, 9.17) is 0 Å². The highest BCUT2D eigenvalue weighted by Gasteiger charge is 2.46. The minimum absolute atomic E-state index is 0.119. The van der Waals surface area contributed by atoms with E-state index in [9.17, 15) is 0 Å². The summed E-state index contributed by atoms with van der Waals surface area (Å²) in [6.07, 6.45) is 0. The summed E-state index contributed by atoms with van der Waals surface area (Å²) >= 11 is 0. The Morgan fingerprint density at radius 2 is 0.607 bits per heavy atom. The van der Waals surface area contributed by atoms with Crippen LogP contribution in [-0.4, -0.2) is 15.8 Å². The second kappa shape index (κ2) is 29.2. The van der Waals surface area contributed by atoms with E-state index in [0.717, 1.165) is 124 Å². The van der Waals surface area contributed by atoms with Crippen molar-refractivity contribution in [1.29, 1.82) is 0 Å². The van der Waals surface area contributed by atoms with Crippen molar-refractivity contribution in [3.8, 4) is 67.0 Å². The van der Waals surface area contributed by atoms with Gasteiger partial charge in [0.1, 0.15) is 0 Å². The van der Waals surface area contributed by atoms with Crippen LogP contribution in [0.25, 0.3) is 111 Å². The van der Waals surface area contributed by atoms with Crippen molar-refractivity contribution < 1.29 is 0 Å². The molecule has 122 heavy (non-hydrogen) atoms. The molecule has 0 amide bonds. The van der Waals surface area contributed by atoms with E-state index in [1.54, 1.807) is 0 Å². The molecule has 20 rings (SSSR count). The summed E-state index contributed by atoms with van der Waals surface area (Å²) < 4.78 is 5.04. The molecule has 0 saturated carbocycles. The highest BCUT2D eigenvalue weighted by Crippen LogP contribution is 2.55. The van der Waals surface area contributed by atoms with E-state index in [-0.39, 0.29) is 33.8 Å². The molecule has 4 heterocycles. The van der Waals surface area contributed by atoms with Crippen molar-refractivity contribution in [1.82, 2.24) is 9.13 Å². The molecule has 18 aromatic rings. The lowest BCUT2D eigenvalue weighted by Crippen LogP contribution is -2.61. The van der Waals surface area contributed by atoms with E-state index in [0.29, 0.717) is 0 Å². The molecule has 0 bridgehead atoms. The van der Waals surface area contributed by atoms with Crippen LogP contribution in [-0.2, 0) is 27.1 Å². The smallest absolute Gasteiger partial charge is 0.252 e. The molecule has 2 aliphatic rings. The standard InChI is InChI=1S/C116H104BN5/c1-112(2,3)83-50-59-104-98(68-83)99-69-84(113(4,5)6)51-60-105(99)120(104)93-73-108-110-109(74-93)122(111-96(77-39-25-18-26-40-77)70-87(116(13,14)15)71-97(111)78-41-27-19-28-42-78)107-72-91(118(88-43-29-20-30-44-88)89-52-54-90(55-53-89)119-102-47-33-31-45-94(102)95-46-32-34-48-103(95)119)56-58-101(107)117(110)100-57-49-79(82-62-85(114(7,8)9)67-86(63-82)115(10,11)12)66-106(100)121(108)92-64-80(75-35-21-16-22-36-75)61-81(65-92)76-37-23-17-24-38-76/h16-74H,1-15H3. The van der Waals surface area contributed by atoms with Crippen LogP contribution in [0.15, 0.2) is 358 Å². The third-order valence-corrected chi connectivity index (χ3v) is 25.8. The Labute approximate surface area is 720 Å². The summed E-state index contributed by atoms with van der Waals surface area (Å²) in [7, 11) is 0. The number of hydrogen-bond donors (Lipinski definition) is 0. The van der Waals surface area contributed by atoms with Crippen LogP contribution in [0, 0.1) is 0 Å². The molecule has 0 spiro atoms. The maximum atomic E-state index is 2.74. The molecule has 0 aliphatic carbocycles. The third kappa shape index (κ3) is 13.5. The van der Waals surface area contributed by atoms with Crippen LogP contribution in [0.2, 0.25) is 0 Å². The molecular formula is C116H104BN5. The fourth-order valence-corrected chi connectivity index (χ4v) is 19.1. The quantitative estimate of drug-likeness (QED) is 0.114. The first-order chi connectivity index (χ1) is 58.7. The minimum atomic E-state index is -0.307. The van der Waals surface area contributed by atoms with E-state index in [1.165, 1.54) is 82.3 Å². The second-order valence-corrected chi connectivity index (χ2v) is 39.1. The van der Waals surface area contributed by atoms with Gasteiger partial charge in [0.25, 0.3) is 6.71 Å². The summed E-state index contributed by atoms with van der Waals surface area (Å²) in [5.41, 5.74) is 37.3. The zero-order valence-corrected chi connectivity index (χ0v) is 72.9. The summed E-state index contributed by atoms with van der Waals surface area (Å²) in [6.45, 7) is 35.0. The van der Waals surface area contributed by atoms with Gasteiger partial charge in [0.15, 0.2) is 0 Å². The normalized spacial score (nSPS) is 13.0. The summed E-state index contributed by atoms with van der Waals surface area (Å²) in [5, 5.41) is 4.94. The van der Waals surface area contributed by atoms with Crippen molar-refractivity contribution >= 4 is 118 Å². The SMILES string of the molecule is CC(C)(C)c1cc(-c2ccc3c(c2)N(c2cc(-c4ccccc4)cc(-c4ccccc4)c2)c2cc(-n4c5ccc(C(C)(C)C)cc5c5cc(C(C)(C)C)ccc54)cc4c2B3c2ccc(N(c3ccccc3)c3ccc(-n5c6ccccc6c6ccccc65)cc3)cc2N4c2c(-c3ccccc3)cc(C(C)(C)C)cc2-c2ccccc2)cc(C(C)(C)C)c1. The van der Waals surface area contributed by atoms with Gasteiger partial charge in [-0.3, -0.25) is 0 Å². The Bertz CT molecular complexity index is 6850. The van der Waals surface area contributed by atoms with Crippen molar-refractivity contribution in [2.24, 2.45) is 0 Å². The van der Waals surface area contributed by atoms with Gasteiger partial charge in [-0.1, -0.05) is 328 Å². The monoisotopic (exact) mass is 1580 g/mol. The van der Waals surface area contributed by atoms with Crippen LogP contribution in [0.3, 0.4) is 0 Å². The number of hydrogen-bond acceptors (Lipinski definition) is 3. The summed E-state index contributed by atoms with van der Waals surface area (Å²) in [5.74, 6) is 0. The van der Waals surface area contributed by atoms with Gasteiger partial charge in [-0.2, -0.15) is 0 Å². The van der Waals surface area contributed by atoms with Crippen molar-refractivity contribution in [2.75, 3.05) is 14.7 Å². The number of anilines is 9. The van der Waals surface area contributed by atoms with Gasteiger partial charge in [-0.05, 0) is 249 Å². The van der Waals surface area contributed by atoms with Gasteiger partial charge >= 0.3 is 0 Å². The Morgan fingerprint density at radius 1 is 0.221 bits per heavy atom. The molecule has 2 aromatic heterocycles. The maximum absolute atomic E-state index is 2.74. The first kappa shape index (κ1) is 77.2. The van der Waals surface area contributed by atoms with Crippen molar-refractivity contribution in [3.63, 3.8) is 0 Å². The van der Waals surface area contributed by atoms with Crippen molar-refractivity contribution in [3.05, 3.63) is 386 Å². The predicted molar refractivity (Wildman–Crippen MR) is 525 cm³/mol. The Hall–Kier alpha value is -13.4. The summed E-state index contributed by atoms with van der Waals surface area (Å²) in [6, 6.07) is 137. The van der Waals surface area contributed by atoms with Crippen LogP contribution in [0.5, 0.6) is 0 Å². The van der Waals surface area contributed by atoms with Crippen LogP contribution >= 0.6 is 0 Å². The van der Waals surface area contributed by atoms with Crippen LogP contribution in [0.1, 0.15) is 132 Å². The van der Waals surface area contributed by atoms with E-state index < -0.39 is 0 Å². The lowest BCUT2D eigenvalue weighted by atomic mass is 9.33. The number of rotatable bonds is 12. The molecule has 0 atom stereocenters. The average Bonchev–Trinajstić information content (AvgIpc) is 0.816. The zero-order valence-electron chi connectivity index (χ0n) is 72.9. The van der Waals surface area contributed by atoms with E-state index >= 15 is 0 Å². The molecule has 0 N–H and O–H groups in total. The number of nitrogens with zero attached hydrogens (tertiary/aromatic N) is 5. The molecule has 596 valence electrons. The first-order valence-electron chi connectivity index (χ1n) is 43.5. The van der Waals surface area contributed by atoms with Crippen LogP contribution < -0.4 is 31.1 Å².